The van der Waals surface area contributed by atoms with Crippen LogP contribution in [0.2, 0.25) is 0 Å². The molecule has 3 fully saturated rings. The van der Waals surface area contributed by atoms with E-state index in [1.54, 1.807) is 0 Å². The summed E-state index contributed by atoms with van der Waals surface area (Å²) in [5.41, 5.74) is 2.95. The SMILES string of the molecule is CC1=CCCC2(C)C(CCC2(O)CN2CCC3(CC2)C(=O)NCN3c2ccccc2)c2ccc(cc2C(=O)c2cc3ccccc3s2)CC(O)CC1. The first-order chi connectivity index (χ1) is 25.1. The monoisotopic (exact) mass is 717 g/mol. The van der Waals surface area contributed by atoms with Gasteiger partial charge in [-0.05, 0) is 117 Å². The number of carbonyl (C=O) groups excluding carboxylic acids is 2. The van der Waals surface area contributed by atoms with E-state index in [9.17, 15) is 19.8 Å². The molecule has 4 unspecified atom stereocenters. The second-order valence-corrected chi connectivity index (χ2v) is 17.2. The number of carbonyl (C=O) groups is 2. The summed E-state index contributed by atoms with van der Waals surface area (Å²) in [6.07, 6.45) is 8.25. The maximum Gasteiger partial charge on any atom is 0.247 e. The molecular formula is C44H51N3O4S. The molecule has 4 aromatic rings. The zero-order valence-electron chi connectivity index (χ0n) is 30.4. The van der Waals surface area contributed by atoms with E-state index in [1.807, 2.05) is 42.5 Å². The highest BCUT2D eigenvalue weighted by Gasteiger charge is 2.58. The largest absolute Gasteiger partial charge is 0.393 e. The highest BCUT2D eigenvalue weighted by atomic mass is 32.1. The summed E-state index contributed by atoms with van der Waals surface area (Å²) >= 11 is 1.53. The third-order valence-electron chi connectivity index (χ3n) is 13.1. The van der Waals surface area contributed by atoms with Crippen molar-refractivity contribution in [2.24, 2.45) is 5.41 Å². The van der Waals surface area contributed by atoms with Crippen LogP contribution in [0, 0.1) is 5.41 Å². The second-order valence-electron chi connectivity index (χ2n) is 16.2. The van der Waals surface area contributed by atoms with Crippen LogP contribution in [0.4, 0.5) is 5.69 Å². The molecule has 1 spiro atoms. The Labute approximate surface area is 311 Å². The van der Waals surface area contributed by atoms with Crippen molar-refractivity contribution >= 4 is 38.8 Å². The Hall–Kier alpha value is -3.82. The molecular weight excluding hydrogens is 667 g/mol. The Kier molecular flexibility index (Phi) is 9.39. The number of likely N-dealkylation sites (tertiary alicyclic amines) is 1. The van der Waals surface area contributed by atoms with Crippen molar-refractivity contribution < 1.29 is 19.8 Å². The van der Waals surface area contributed by atoms with Crippen LogP contribution in [0.1, 0.15) is 97.5 Å². The van der Waals surface area contributed by atoms with Gasteiger partial charge in [0, 0.05) is 41.0 Å². The van der Waals surface area contributed by atoms with Gasteiger partial charge in [0.05, 0.1) is 23.3 Å². The van der Waals surface area contributed by atoms with Crippen LogP contribution < -0.4 is 10.2 Å². The van der Waals surface area contributed by atoms with E-state index in [4.69, 9.17) is 0 Å². The zero-order valence-corrected chi connectivity index (χ0v) is 31.3. The molecule has 3 heterocycles. The fraction of sp³-hybridized carbons (Fsp3) is 0.455. The van der Waals surface area contributed by atoms with Gasteiger partial charge in [0.25, 0.3) is 0 Å². The number of hydrogen-bond donors (Lipinski definition) is 3. The van der Waals surface area contributed by atoms with Crippen molar-refractivity contribution in [1.29, 1.82) is 0 Å². The molecule has 3 N–H and O–H groups in total. The first kappa shape index (κ1) is 35.2. The number of piperidine rings is 1. The predicted molar refractivity (Wildman–Crippen MR) is 209 cm³/mol. The van der Waals surface area contributed by atoms with Crippen molar-refractivity contribution in [2.45, 2.75) is 94.8 Å². The van der Waals surface area contributed by atoms with Crippen LogP contribution in [0.15, 0.2) is 90.5 Å². The molecule has 9 rings (SSSR count). The lowest BCUT2D eigenvalue weighted by Crippen LogP contribution is -2.59. The number of rotatable bonds is 5. The molecule has 8 heteroatoms. The van der Waals surface area contributed by atoms with Gasteiger partial charge in [-0.2, -0.15) is 0 Å². The average molecular weight is 718 g/mol. The van der Waals surface area contributed by atoms with E-state index in [2.05, 4.69) is 71.4 Å². The van der Waals surface area contributed by atoms with Gasteiger partial charge in [0.2, 0.25) is 11.7 Å². The van der Waals surface area contributed by atoms with E-state index in [0.717, 1.165) is 70.6 Å². The number of amides is 1. The number of nitrogens with one attached hydrogen (secondary N) is 1. The Morgan fingerprint density at radius 2 is 1.73 bits per heavy atom. The van der Waals surface area contributed by atoms with Crippen LogP contribution >= 0.6 is 11.3 Å². The normalized spacial score (nSPS) is 28.1. The summed E-state index contributed by atoms with van der Waals surface area (Å²) in [7, 11) is 0. The van der Waals surface area contributed by atoms with Crippen LogP contribution in [-0.2, 0) is 11.2 Å². The number of benzene rings is 3. The summed E-state index contributed by atoms with van der Waals surface area (Å²) in [5, 5.41) is 28.2. The predicted octanol–water partition coefficient (Wildman–Crippen LogP) is 7.60. The molecule has 3 aliphatic carbocycles. The van der Waals surface area contributed by atoms with Crippen molar-refractivity contribution in [1.82, 2.24) is 10.2 Å². The molecule has 52 heavy (non-hydrogen) atoms. The van der Waals surface area contributed by atoms with Crippen molar-refractivity contribution in [3.05, 3.63) is 112 Å². The number of anilines is 1. The number of β-amino-alcohol motifs (C(OH)–C–C–N with tert-alkyl or cyclic N) is 1. The van der Waals surface area contributed by atoms with E-state index < -0.39 is 22.7 Å². The number of aliphatic hydroxyl groups excluding tert-OH is 1. The molecule has 4 atom stereocenters. The molecule has 2 aliphatic heterocycles. The number of ketones is 1. The molecule has 5 aliphatic rings. The third-order valence-corrected chi connectivity index (χ3v) is 14.3. The maximum absolute atomic E-state index is 14.6. The Balaban J connectivity index is 1.11. The minimum absolute atomic E-state index is 0.0207. The highest BCUT2D eigenvalue weighted by Crippen LogP contribution is 2.59. The number of thiophene rings is 1. The molecule has 2 bridgehead atoms. The standard InChI is InChI=1S/C44H51N3O4S/c1-30-9-8-19-42(2)37(18-20-44(42,51)28-46-23-21-43(22-24-46)41(50)45-29-47(43)33-11-4-3-5-12-33)35-17-15-31(25-34(48)16-14-30)26-36(35)40(49)39-27-32-10-6-7-13-38(32)52-39/h3-7,9-13,15,17,26-27,34,37,48,51H,8,14,16,18-25,28-29H2,1-2H3,(H,45,50). The van der Waals surface area contributed by atoms with Crippen molar-refractivity contribution in [3.8, 4) is 0 Å². The fourth-order valence-electron chi connectivity index (χ4n) is 9.91. The summed E-state index contributed by atoms with van der Waals surface area (Å²) < 4.78 is 1.09. The van der Waals surface area contributed by atoms with Crippen LogP contribution in [0.25, 0.3) is 10.1 Å². The minimum Gasteiger partial charge on any atom is -0.393 e. The second kappa shape index (κ2) is 13.9. The van der Waals surface area contributed by atoms with E-state index in [1.165, 1.54) is 16.9 Å². The number of nitrogens with zero attached hydrogens (tertiary/aromatic N) is 2. The molecule has 272 valence electrons. The first-order valence-electron chi connectivity index (χ1n) is 19.1. The van der Waals surface area contributed by atoms with Crippen molar-refractivity contribution in [3.63, 3.8) is 0 Å². The summed E-state index contributed by atoms with van der Waals surface area (Å²) in [6, 6.07) is 26.6. The topological polar surface area (TPSA) is 93.1 Å². The Morgan fingerprint density at radius 3 is 2.52 bits per heavy atom. The van der Waals surface area contributed by atoms with Gasteiger partial charge in [0.15, 0.2) is 0 Å². The van der Waals surface area contributed by atoms with Gasteiger partial charge in [-0.3, -0.25) is 9.59 Å². The summed E-state index contributed by atoms with van der Waals surface area (Å²) in [4.78, 5) is 33.3. The van der Waals surface area contributed by atoms with Gasteiger partial charge in [0.1, 0.15) is 5.54 Å². The smallest absolute Gasteiger partial charge is 0.247 e. The number of allylic oxidation sites excluding steroid dienone is 2. The minimum atomic E-state index is -0.981. The number of aliphatic hydroxyl groups is 2. The maximum atomic E-state index is 14.6. The van der Waals surface area contributed by atoms with Crippen LogP contribution in [-0.4, -0.2) is 70.4 Å². The van der Waals surface area contributed by atoms with Gasteiger partial charge in [-0.15, -0.1) is 11.3 Å². The van der Waals surface area contributed by atoms with Gasteiger partial charge < -0.3 is 25.3 Å². The Morgan fingerprint density at radius 1 is 0.962 bits per heavy atom. The van der Waals surface area contributed by atoms with Crippen LogP contribution in [0.3, 0.4) is 0 Å². The molecule has 2 saturated heterocycles. The van der Waals surface area contributed by atoms with E-state index in [0.29, 0.717) is 50.9 Å². The first-order valence-corrected chi connectivity index (χ1v) is 20.0. The highest BCUT2D eigenvalue weighted by molar-refractivity contribution is 7.21. The van der Waals surface area contributed by atoms with Gasteiger partial charge in [-0.1, -0.05) is 67.1 Å². The number of hydrogen-bond acceptors (Lipinski definition) is 7. The fourth-order valence-corrected chi connectivity index (χ4v) is 10.9. The average Bonchev–Trinajstić information content (AvgIpc) is 3.80. The molecule has 1 aromatic heterocycles. The van der Waals surface area contributed by atoms with E-state index >= 15 is 0 Å². The lowest BCUT2D eigenvalue weighted by molar-refractivity contribution is -0.126. The van der Waals surface area contributed by atoms with Crippen molar-refractivity contribution in [2.75, 3.05) is 31.2 Å². The van der Waals surface area contributed by atoms with E-state index in [-0.39, 0.29) is 17.6 Å². The molecule has 0 radical (unpaired) electrons. The quantitative estimate of drug-likeness (QED) is 0.146. The number of para-hydroxylation sites is 1. The molecule has 1 amide bonds. The Bertz CT molecular complexity index is 1970. The van der Waals surface area contributed by atoms with Gasteiger partial charge >= 0.3 is 0 Å². The lowest BCUT2D eigenvalue weighted by atomic mass is 9.64. The summed E-state index contributed by atoms with van der Waals surface area (Å²) in [5.74, 6) is 0.0988. The molecule has 3 aromatic carbocycles. The number of fused-ring (bicyclic) bond motifs is 9. The lowest BCUT2D eigenvalue weighted by Gasteiger charge is -2.49. The summed E-state index contributed by atoms with van der Waals surface area (Å²) in [6.45, 7) is 6.92. The molecule has 1 saturated carbocycles. The zero-order chi connectivity index (χ0) is 36.1. The third kappa shape index (κ3) is 6.21. The van der Waals surface area contributed by atoms with Crippen LogP contribution in [0.5, 0.6) is 0 Å². The van der Waals surface area contributed by atoms with Gasteiger partial charge in [-0.25, -0.2) is 0 Å². The molecule has 7 nitrogen and oxygen atoms in total.